The molecule has 26 heavy (non-hydrogen) atoms. The number of ether oxygens (including phenoxy) is 1. The molecule has 0 unspecified atom stereocenters. The molecule has 2 atom stereocenters. The monoisotopic (exact) mass is 349 g/mol. The first-order chi connectivity index (χ1) is 12.7. The number of carbonyl (C=O) groups excluding carboxylic acids is 2. The Bertz CT molecular complexity index is 767. The lowest BCUT2D eigenvalue weighted by Crippen LogP contribution is -2.31. The van der Waals surface area contributed by atoms with Gasteiger partial charge in [-0.1, -0.05) is 42.5 Å². The summed E-state index contributed by atoms with van der Waals surface area (Å²) in [5, 5.41) is 0. The summed E-state index contributed by atoms with van der Waals surface area (Å²) in [6.45, 7) is 1.27. The standard InChI is InChI=1S/C22H23NO3/c24-21-18-10-4-5-11-19(18)22(25)23(21)13-6-7-16-12-14-26-20(15-16)17-8-2-1-3-9-17/h1-5,8-11,16,20H,6-7,12-15H2/t16-,20+/m1/s1. The number of imide groups is 1. The van der Waals surface area contributed by atoms with Gasteiger partial charge in [-0.05, 0) is 49.3 Å². The van der Waals surface area contributed by atoms with E-state index in [1.54, 1.807) is 24.3 Å². The van der Waals surface area contributed by atoms with Crippen LogP contribution in [0.4, 0.5) is 0 Å². The lowest BCUT2D eigenvalue weighted by atomic mass is 9.88. The average molecular weight is 349 g/mol. The number of amides is 2. The number of hydrogen-bond acceptors (Lipinski definition) is 3. The second-order valence-corrected chi connectivity index (χ2v) is 7.11. The van der Waals surface area contributed by atoms with E-state index in [9.17, 15) is 9.59 Å². The summed E-state index contributed by atoms with van der Waals surface area (Å²) in [5.74, 6) is 0.267. The zero-order chi connectivity index (χ0) is 17.9. The van der Waals surface area contributed by atoms with Crippen molar-refractivity contribution in [2.45, 2.75) is 31.8 Å². The quantitative estimate of drug-likeness (QED) is 0.759. The fourth-order valence-corrected chi connectivity index (χ4v) is 4.01. The summed E-state index contributed by atoms with van der Waals surface area (Å²) < 4.78 is 5.93. The highest BCUT2D eigenvalue weighted by molar-refractivity contribution is 6.21. The van der Waals surface area contributed by atoms with Crippen LogP contribution in [0.3, 0.4) is 0 Å². The van der Waals surface area contributed by atoms with E-state index in [4.69, 9.17) is 4.74 Å². The summed E-state index contributed by atoms with van der Waals surface area (Å²) in [5.41, 5.74) is 2.30. The Hall–Kier alpha value is -2.46. The zero-order valence-electron chi connectivity index (χ0n) is 14.8. The molecule has 0 aliphatic carbocycles. The van der Waals surface area contributed by atoms with Crippen LogP contribution in [0.25, 0.3) is 0 Å². The van der Waals surface area contributed by atoms with Gasteiger partial charge in [-0.3, -0.25) is 14.5 Å². The van der Waals surface area contributed by atoms with E-state index in [1.165, 1.54) is 10.5 Å². The van der Waals surface area contributed by atoms with Crippen LogP contribution in [-0.2, 0) is 4.74 Å². The van der Waals surface area contributed by atoms with Gasteiger partial charge in [0.1, 0.15) is 0 Å². The Balaban J connectivity index is 1.31. The number of benzene rings is 2. The normalized spacial score (nSPS) is 22.5. The third-order valence-corrected chi connectivity index (χ3v) is 5.44. The molecule has 0 spiro atoms. The highest BCUT2D eigenvalue weighted by Gasteiger charge is 2.34. The van der Waals surface area contributed by atoms with Crippen LogP contribution < -0.4 is 0 Å². The third kappa shape index (κ3) is 3.29. The Morgan fingerprint density at radius 2 is 1.58 bits per heavy atom. The first-order valence-electron chi connectivity index (χ1n) is 9.36. The number of fused-ring (bicyclic) bond motifs is 1. The van der Waals surface area contributed by atoms with Crippen LogP contribution in [0, 0.1) is 5.92 Å². The minimum atomic E-state index is -0.153. The molecule has 4 heteroatoms. The van der Waals surface area contributed by atoms with Gasteiger partial charge in [0, 0.05) is 13.2 Å². The van der Waals surface area contributed by atoms with Crippen molar-refractivity contribution >= 4 is 11.8 Å². The van der Waals surface area contributed by atoms with E-state index in [1.807, 2.05) is 18.2 Å². The molecule has 0 radical (unpaired) electrons. The van der Waals surface area contributed by atoms with Crippen molar-refractivity contribution in [1.29, 1.82) is 0 Å². The molecular formula is C22H23NO3. The van der Waals surface area contributed by atoms with Gasteiger partial charge in [0.25, 0.3) is 11.8 Å². The molecule has 4 rings (SSSR count). The molecule has 2 heterocycles. The van der Waals surface area contributed by atoms with Crippen molar-refractivity contribution in [2.75, 3.05) is 13.2 Å². The van der Waals surface area contributed by atoms with Crippen LogP contribution in [0.15, 0.2) is 54.6 Å². The van der Waals surface area contributed by atoms with Gasteiger partial charge < -0.3 is 4.74 Å². The molecule has 1 saturated heterocycles. The Kier molecular flexibility index (Phi) is 4.85. The van der Waals surface area contributed by atoms with Crippen molar-refractivity contribution in [3.8, 4) is 0 Å². The topological polar surface area (TPSA) is 46.6 Å². The minimum absolute atomic E-state index is 0.153. The first-order valence-corrected chi connectivity index (χ1v) is 9.36. The molecule has 134 valence electrons. The lowest BCUT2D eigenvalue weighted by Gasteiger charge is -2.30. The fraction of sp³-hybridized carbons (Fsp3) is 0.364. The number of carbonyl (C=O) groups is 2. The van der Waals surface area contributed by atoms with Crippen LogP contribution in [0.2, 0.25) is 0 Å². The van der Waals surface area contributed by atoms with E-state index in [2.05, 4.69) is 12.1 Å². The molecule has 1 fully saturated rings. The molecule has 0 bridgehead atoms. The number of rotatable bonds is 5. The Labute approximate surface area is 153 Å². The maximum absolute atomic E-state index is 12.4. The average Bonchev–Trinajstić information content (AvgIpc) is 2.94. The first kappa shape index (κ1) is 17.0. The van der Waals surface area contributed by atoms with Crippen LogP contribution in [-0.4, -0.2) is 29.9 Å². The van der Waals surface area contributed by atoms with Crippen molar-refractivity contribution in [2.24, 2.45) is 5.92 Å². The predicted octanol–water partition coefficient (Wildman–Crippen LogP) is 4.23. The van der Waals surface area contributed by atoms with Gasteiger partial charge in [-0.2, -0.15) is 0 Å². The molecule has 4 nitrogen and oxygen atoms in total. The molecule has 0 aromatic heterocycles. The largest absolute Gasteiger partial charge is 0.374 e. The van der Waals surface area contributed by atoms with Crippen molar-refractivity contribution in [3.05, 3.63) is 71.3 Å². The SMILES string of the molecule is O=C1c2ccccc2C(=O)N1CCC[C@@H]1CCO[C@H](c2ccccc2)C1. The Morgan fingerprint density at radius 3 is 2.27 bits per heavy atom. The molecule has 2 aliphatic rings. The summed E-state index contributed by atoms with van der Waals surface area (Å²) in [6, 6.07) is 17.4. The second kappa shape index (κ2) is 7.42. The Morgan fingerprint density at radius 1 is 0.923 bits per heavy atom. The lowest BCUT2D eigenvalue weighted by molar-refractivity contribution is -0.0127. The molecule has 2 aromatic rings. The molecule has 2 aromatic carbocycles. The van der Waals surface area contributed by atoms with Crippen LogP contribution in [0.1, 0.15) is 58.1 Å². The predicted molar refractivity (Wildman–Crippen MR) is 98.9 cm³/mol. The second-order valence-electron chi connectivity index (χ2n) is 7.11. The van der Waals surface area contributed by atoms with E-state index < -0.39 is 0 Å². The molecular weight excluding hydrogens is 326 g/mol. The van der Waals surface area contributed by atoms with Gasteiger partial charge in [0.15, 0.2) is 0 Å². The van der Waals surface area contributed by atoms with Crippen molar-refractivity contribution in [1.82, 2.24) is 4.90 Å². The van der Waals surface area contributed by atoms with E-state index >= 15 is 0 Å². The van der Waals surface area contributed by atoms with Gasteiger partial charge in [-0.15, -0.1) is 0 Å². The highest BCUT2D eigenvalue weighted by atomic mass is 16.5. The maximum Gasteiger partial charge on any atom is 0.261 e. The van der Waals surface area contributed by atoms with Crippen molar-refractivity contribution in [3.63, 3.8) is 0 Å². The third-order valence-electron chi connectivity index (χ3n) is 5.44. The number of hydrogen-bond donors (Lipinski definition) is 0. The van der Waals surface area contributed by atoms with Gasteiger partial charge in [0.2, 0.25) is 0 Å². The zero-order valence-corrected chi connectivity index (χ0v) is 14.8. The van der Waals surface area contributed by atoms with Crippen molar-refractivity contribution < 1.29 is 14.3 Å². The molecule has 0 saturated carbocycles. The fourth-order valence-electron chi connectivity index (χ4n) is 4.01. The summed E-state index contributed by atoms with van der Waals surface area (Å²) in [6.07, 6.45) is 4.07. The van der Waals surface area contributed by atoms with Gasteiger partial charge in [-0.25, -0.2) is 0 Å². The highest BCUT2D eigenvalue weighted by Crippen LogP contribution is 2.34. The van der Waals surface area contributed by atoms with Gasteiger partial charge in [0.05, 0.1) is 17.2 Å². The molecule has 2 aliphatic heterocycles. The van der Waals surface area contributed by atoms with E-state index in [-0.39, 0.29) is 17.9 Å². The number of nitrogens with zero attached hydrogens (tertiary/aromatic N) is 1. The summed E-state index contributed by atoms with van der Waals surface area (Å²) >= 11 is 0. The smallest absolute Gasteiger partial charge is 0.261 e. The summed E-state index contributed by atoms with van der Waals surface area (Å²) in [7, 11) is 0. The van der Waals surface area contributed by atoms with Gasteiger partial charge >= 0.3 is 0 Å². The minimum Gasteiger partial charge on any atom is -0.374 e. The molecule has 2 amide bonds. The van der Waals surface area contributed by atoms with Crippen LogP contribution >= 0.6 is 0 Å². The maximum atomic E-state index is 12.4. The van der Waals surface area contributed by atoms with E-state index in [0.717, 1.165) is 32.3 Å². The van der Waals surface area contributed by atoms with Crippen LogP contribution in [0.5, 0.6) is 0 Å². The van der Waals surface area contributed by atoms with E-state index in [0.29, 0.717) is 23.6 Å². The molecule has 0 N–H and O–H groups in total. The summed E-state index contributed by atoms with van der Waals surface area (Å²) in [4.78, 5) is 26.2.